The average molecular weight is 385 g/mol. The summed E-state index contributed by atoms with van der Waals surface area (Å²) in [6, 6.07) is 9.74. The smallest absolute Gasteiger partial charge is 0.263 e. The van der Waals surface area contributed by atoms with E-state index in [0.717, 1.165) is 0 Å². The summed E-state index contributed by atoms with van der Waals surface area (Å²) in [5.41, 5.74) is 0. The second kappa shape index (κ2) is 8.39. The van der Waals surface area contributed by atoms with E-state index in [1.165, 1.54) is 36.5 Å². The first-order valence-electron chi connectivity index (χ1n) is 7.46. The zero-order chi connectivity index (χ0) is 18.3. The Hall–Kier alpha value is -2.01. The minimum absolute atomic E-state index is 0.0271. The highest BCUT2D eigenvalue weighted by atomic mass is 32.2. The molecule has 0 aliphatic rings. The maximum atomic E-state index is 12.3. The Kier molecular flexibility index (Phi) is 6.48. The van der Waals surface area contributed by atoms with Gasteiger partial charge in [-0.2, -0.15) is 0 Å². The highest BCUT2D eigenvalue weighted by Gasteiger charge is 2.18. The Morgan fingerprint density at radius 1 is 0.960 bits per heavy atom. The molecule has 1 aromatic heterocycles. The van der Waals surface area contributed by atoms with Gasteiger partial charge in [0.2, 0.25) is 10.0 Å². The van der Waals surface area contributed by atoms with Crippen molar-refractivity contribution in [2.45, 2.75) is 16.7 Å². The first kappa shape index (κ1) is 19.3. The molecule has 0 bridgehead atoms. The lowest BCUT2D eigenvalue weighted by Gasteiger charge is -2.09. The fraction of sp³-hybridized carbons (Fsp3) is 0.267. The van der Waals surface area contributed by atoms with Gasteiger partial charge in [-0.1, -0.05) is 6.07 Å². The van der Waals surface area contributed by atoms with Crippen LogP contribution in [0.15, 0.2) is 58.5 Å². The van der Waals surface area contributed by atoms with E-state index in [2.05, 4.69) is 14.4 Å². The van der Waals surface area contributed by atoms with Crippen LogP contribution in [0.2, 0.25) is 0 Å². The number of pyridine rings is 1. The van der Waals surface area contributed by atoms with E-state index in [1.807, 2.05) is 6.92 Å². The van der Waals surface area contributed by atoms with E-state index >= 15 is 0 Å². The van der Waals surface area contributed by atoms with Crippen molar-refractivity contribution in [1.29, 1.82) is 0 Å². The van der Waals surface area contributed by atoms with Crippen molar-refractivity contribution >= 4 is 25.9 Å². The molecule has 25 heavy (non-hydrogen) atoms. The molecule has 0 spiro atoms. The third kappa shape index (κ3) is 5.49. The monoisotopic (exact) mass is 385 g/mol. The summed E-state index contributed by atoms with van der Waals surface area (Å²) in [7, 11) is -7.57. The molecule has 8 nitrogen and oxygen atoms in total. The third-order valence-electron chi connectivity index (χ3n) is 3.09. The van der Waals surface area contributed by atoms with Crippen LogP contribution in [-0.4, -0.2) is 41.6 Å². The van der Waals surface area contributed by atoms with Crippen molar-refractivity contribution in [3.8, 4) is 0 Å². The van der Waals surface area contributed by atoms with Crippen LogP contribution in [0.5, 0.6) is 0 Å². The van der Waals surface area contributed by atoms with E-state index in [0.29, 0.717) is 6.61 Å². The van der Waals surface area contributed by atoms with E-state index in [-0.39, 0.29) is 28.8 Å². The fourth-order valence-corrected chi connectivity index (χ4v) is 3.91. The number of ether oxygens (including phenoxy) is 1. The minimum Gasteiger partial charge on any atom is -0.380 e. The zero-order valence-electron chi connectivity index (χ0n) is 13.5. The highest BCUT2D eigenvalue weighted by Crippen LogP contribution is 2.17. The molecular formula is C15H19N3O5S2. The second-order valence-corrected chi connectivity index (χ2v) is 8.34. The molecule has 0 amide bonds. The molecule has 2 aromatic rings. The van der Waals surface area contributed by atoms with Crippen molar-refractivity contribution in [3.05, 3.63) is 48.7 Å². The summed E-state index contributed by atoms with van der Waals surface area (Å²) < 4.78 is 58.5. The van der Waals surface area contributed by atoms with E-state index < -0.39 is 20.0 Å². The standard InChI is InChI=1S/C15H19N3O5S2/c1-2-23-12-11-17-24(19,20)13-6-8-14(9-7-13)25(21,22)18-15-5-3-4-10-16-15/h3-10,17H,2,11-12H2,1H3,(H,16,18). The number of benzene rings is 1. The van der Waals surface area contributed by atoms with Crippen LogP contribution in [-0.2, 0) is 24.8 Å². The predicted octanol–water partition coefficient (Wildman–Crippen LogP) is 1.20. The summed E-state index contributed by atoms with van der Waals surface area (Å²) in [5, 5.41) is 0. The number of hydrogen-bond donors (Lipinski definition) is 2. The van der Waals surface area contributed by atoms with Gasteiger partial charge < -0.3 is 4.74 Å². The molecule has 0 aliphatic carbocycles. The van der Waals surface area contributed by atoms with Crippen molar-refractivity contribution in [2.24, 2.45) is 0 Å². The fourth-order valence-electron chi connectivity index (χ4n) is 1.89. The van der Waals surface area contributed by atoms with Gasteiger partial charge in [-0.25, -0.2) is 26.5 Å². The van der Waals surface area contributed by atoms with Crippen LogP contribution < -0.4 is 9.44 Å². The molecule has 0 saturated carbocycles. The Morgan fingerprint density at radius 3 is 2.16 bits per heavy atom. The van der Waals surface area contributed by atoms with Gasteiger partial charge in [0.15, 0.2) is 0 Å². The maximum absolute atomic E-state index is 12.3. The van der Waals surface area contributed by atoms with Gasteiger partial charge in [0.05, 0.1) is 16.4 Å². The average Bonchev–Trinajstić information content (AvgIpc) is 2.59. The van der Waals surface area contributed by atoms with E-state index in [4.69, 9.17) is 4.74 Å². The molecule has 0 saturated heterocycles. The van der Waals surface area contributed by atoms with Crippen LogP contribution in [0.1, 0.15) is 6.92 Å². The predicted molar refractivity (Wildman–Crippen MR) is 93.2 cm³/mol. The number of rotatable bonds is 9. The quantitative estimate of drug-likeness (QED) is 0.627. The van der Waals surface area contributed by atoms with Gasteiger partial charge in [-0.05, 0) is 43.3 Å². The van der Waals surface area contributed by atoms with E-state index in [1.54, 1.807) is 12.1 Å². The number of hydrogen-bond acceptors (Lipinski definition) is 6. The van der Waals surface area contributed by atoms with Gasteiger partial charge in [-0.3, -0.25) is 4.72 Å². The van der Waals surface area contributed by atoms with Crippen LogP contribution in [0, 0.1) is 0 Å². The Balaban J connectivity index is 2.10. The lowest BCUT2D eigenvalue weighted by molar-refractivity contribution is 0.153. The topological polar surface area (TPSA) is 114 Å². The summed E-state index contributed by atoms with van der Waals surface area (Å²) >= 11 is 0. The van der Waals surface area contributed by atoms with Gasteiger partial charge in [0.25, 0.3) is 10.0 Å². The zero-order valence-corrected chi connectivity index (χ0v) is 15.2. The molecular weight excluding hydrogens is 366 g/mol. The SMILES string of the molecule is CCOCCNS(=O)(=O)c1ccc(S(=O)(=O)Nc2ccccn2)cc1. The molecule has 2 N–H and O–H groups in total. The van der Waals surface area contributed by atoms with Gasteiger partial charge in [0.1, 0.15) is 5.82 Å². The molecule has 0 fully saturated rings. The normalized spacial score (nSPS) is 12.0. The van der Waals surface area contributed by atoms with Crippen LogP contribution in [0.3, 0.4) is 0 Å². The van der Waals surface area contributed by atoms with Crippen molar-refractivity contribution in [2.75, 3.05) is 24.5 Å². The molecule has 0 radical (unpaired) electrons. The van der Waals surface area contributed by atoms with Gasteiger partial charge in [0, 0.05) is 19.3 Å². The molecule has 1 heterocycles. The first-order valence-corrected chi connectivity index (χ1v) is 10.4. The second-order valence-electron chi connectivity index (χ2n) is 4.89. The number of sulfonamides is 2. The van der Waals surface area contributed by atoms with Crippen LogP contribution >= 0.6 is 0 Å². The molecule has 2 rings (SSSR count). The number of nitrogens with one attached hydrogen (secondary N) is 2. The summed E-state index contributed by atoms with van der Waals surface area (Å²) in [5.74, 6) is 0.178. The van der Waals surface area contributed by atoms with Crippen molar-refractivity contribution in [3.63, 3.8) is 0 Å². The van der Waals surface area contributed by atoms with E-state index in [9.17, 15) is 16.8 Å². The van der Waals surface area contributed by atoms with Crippen LogP contribution in [0.4, 0.5) is 5.82 Å². The Labute approximate surface area is 147 Å². The molecule has 0 atom stereocenters. The summed E-state index contributed by atoms with van der Waals surface area (Å²) in [6.07, 6.45) is 1.46. The maximum Gasteiger partial charge on any atom is 0.263 e. The minimum atomic E-state index is -3.85. The largest absolute Gasteiger partial charge is 0.380 e. The molecule has 10 heteroatoms. The molecule has 0 aliphatic heterocycles. The third-order valence-corrected chi connectivity index (χ3v) is 5.94. The van der Waals surface area contributed by atoms with Crippen molar-refractivity contribution < 1.29 is 21.6 Å². The van der Waals surface area contributed by atoms with Gasteiger partial charge >= 0.3 is 0 Å². The van der Waals surface area contributed by atoms with Gasteiger partial charge in [-0.15, -0.1) is 0 Å². The summed E-state index contributed by atoms with van der Waals surface area (Å²) in [6.45, 7) is 2.71. The molecule has 1 aromatic carbocycles. The van der Waals surface area contributed by atoms with Crippen molar-refractivity contribution in [1.82, 2.24) is 9.71 Å². The first-order chi connectivity index (χ1) is 11.8. The Bertz CT molecular complexity index is 883. The lowest BCUT2D eigenvalue weighted by atomic mass is 10.4. The lowest BCUT2D eigenvalue weighted by Crippen LogP contribution is -2.27. The highest BCUT2D eigenvalue weighted by molar-refractivity contribution is 7.92. The number of nitrogens with zero attached hydrogens (tertiary/aromatic N) is 1. The van der Waals surface area contributed by atoms with Crippen LogP contribution in [0.25, 0.3) is 0 Å². The molecule has 0 unspecified atom stereocenters. The molecule has 136 valence electrons. The number of anilines is 1. The summed E-state index contributed by atoms with van der Waals surface area (Å²) in [4.78, 5) is 3.80. The Morgan fingerprint density at radius 2 is 1.60 bits per heavy atom. The number of aromatic nitrogens is 1.